The molecule has 18 heavy (non-hydrogen) atoms. The Morgan fingerprint density at radius 3 is 2.78 bits per heavy atom. The Kier molecular flexibility index (Phi) is 6.14. The molecule has 0 aliphatic heterocycles. The van der Waals surface area contributed by atoms with Crippen LogP contribution in [0.5, 0.6) is 0 Å². The summed E-state index contributed by atoms with van der Waals surface area (Å²) in [5.74, 6) is -0.933. The van der Waals surface area contributed by atoms with Crippen LogP contribution in [-0.2, 0) is 11.3 Å². The standard InChI is InChI=1S/C11H15BrN2O3S/c1-7(2-10(15)16)4-13-11(17)14-5-9-3-8(12)6-18-9/h3,6-7H,2,4-5H2,1H3,(H,15,16)(H2,13,14,17). The molecule has 1 aromatic heterocycles. The lowest BCUT2D eigenvalue weighted by Gasteiger charge is -2.10. The van der Waals surface area contributed by atoms with E-state index in [0.29, 0.717) is 13.1 Å². The summed E-state index contributed by atoms with van der Waals surface area (Å²) in [7, 11) is 0. The fraction of sp³-hybridized carbons (Fsp3) is 0.455. The fourth-order valence-corrected chi connectivity index (χ4v) is 2.70. The third kappa shape index (κ3) is 6.02. The van der Waals surface area contributed by atoms with Crippen LogP contribution in [0.3, 0.4) is 0 Å². The lowest BCUT2D eigenvalue weighted by molar-refractivity contribution is -0.137. The monoisotopic (exact) mass is 334 g/mol. The van der Waals surface area contributed by atoms with E-state index in [-0.39, 0.29) is 18.4 Å². The Bertz CT molecular complexity index is 422. The van der Waals surface area contributed by atoms with Crippen molar-refractivity contribution in [2.24, 2.45) is 5.92 Å². The van der Waals surface area contributed by atoms with Crippen LogP contribution in [0.4, 0.5) is 4.79 Å². The smallest absolute Gasteiger partial charge is 0.315 e. The van der Waals surface area contributed by atoms with Gasteiger partial charge in [0.05, 0.1) is 6.54 Å². The van der Waals surface area contributed by atoms with Crippen LogP contribution in [-0.4, -0.2) is 23.7 Å². The molecule has 100 valence electrons. The lowest BCUT2D eigenvalue weighted by Crippen LogP contribution is -2.37. The molecule has 0 saturated heterocycles. The van der Waals surface area contributed by atoms with Crippen molar-refractivity contribution in [2.75, 3.05) is 6.54 Å². The third-order valence-electron chi connectivity index (χ3n) is 2.18. The zero-order valence-corrected chi connectivity index (χ0v) is 12.3. The highest BCUT2D eigenvalue weighted by Gasteiger charge is 2.09. The van der Waals surface area contributed by atoms with Crippen molar-refractivity contribution < 1.29 is 14.7 Å². The van der Waals surface area contributed by atoms with E-state index >= 15 is 0 Å². The Labute approximate surface area is 118 Å². The second kappa shape index (κ2) is 7.38. The Balaban J connectivity index is 2.19. The first-order chi connectivity index (χ1) is 8.47. The molecular formula is C11H15BrN2O3S. The molecule has 1 rings (SSSR count). The van der Waals surface area contributed by atoms with Gasteiger partial charge in [0.2, 0.25) is 0 Å². The van der Waals surface area contributed by atoms with Gasteiger partial charge in [0.15, 0.2) is 0 Å². The summed E-state index contributed by atoms with van der Waals surface area (Å²) in [6.07, 6.45) is 0.0537. The van der Waals surface area contributed by atoms with E-state index in [1.165, 1.54) is 0 Å². The second-order valence-electron chi connectivity index (χ2n) is 4.00. The minimum absolute atomic E-state index is 0.0537. The van der Waals surface area contributed by atoms with Gasteiger partial charge in [-0.3, -0.25) is 4.79 Å². The molecule has 0 aliphatic carbocycles. The molecule has 7 heteroatoms. The zero-order chi connectivity index (χ0) is 13.5. The maximum Gasteiger partial charge on any atom is 0.315 e. The van der Waals surface area contributed by atoms with Gasteiger partial charge in [-0.25, -0.2) is 4.79 Å². The van der Waals surface area contributed by atoms with Crippen LogP contribution in [0.25, 0.3) is 0 Å². The second-order valence-corrected chi connectivity index (χ2v) is 5.91. The van der Waals surface area contributed by atoms with Crippen molar-refractivity contribution in [3.63, 3.8) is 0 Å². The minimum Gasteiger partial charge on any atom is -0.481 e. The van der Waals surface area contributed by atoms with Crippen molar-refractivity contribution in [1.29, 1.82) is 0 Å². The highest BCUT2D eigenvalue weighted by Crippen LogP contribution is 2.19. The zero-order valence-electron chi connectivity index (χ0n) is 9.90. The van der Waals surface area contributed by atoms with Crippen molar-refractivity contribution >= 4 is 39.3 Å². The van der Waals surface area contributed by atoms with E-state index in [2.05, 4.69) is 26.6 Å². The molecule has 5 nitrogen and oxygen atoms in total. The summed E-state index contributed by atoms with van der Waals surface area (Å²) in [4.78, 5) is 22.9. The summed E-state index contributed by atoms with van der Waals surface area (Å²) in [5.41, 5.74) is 0. The highest BCUT2D eigenvalue weighted by molar-refractivity contribution is 9.10. The number of rotatable bonds is 6. The molecule has 0 aromatic carbocycles. The van der Waals surface area contributed by atoms with Gasteiger partial charge in [0, 0.05) is 27.7 Å². The maximum absolute atomic E-state index is 11.4. The number of halogens is 1. The Morgan fingerprint density at radius 2 is 2.22 bits per heavy atom. The average molecular weight is 335 g/mol. The van der Waals surface area contributed by atoms with E-state index in [0.717, 1.165) is 9.35 Å². The van der Waals surface area contributed by atoms with Gasteiger partial charge >= 0.3 is 12.0 Å². The summed E-state index contributed by atoms with van der Waals surface area (Å²) in [5, 5.41) is 15.9. The molecule has 1 aromatic rings. The van der Waals surface area contributed by atoms with E-state index < -0.39 is 5.97 Å². The quantitative estimate of drug-likeness (QED) is 0.747. The number of urea groups is 1. The maximum atomic E-state index is 11.4. The number of carbonyl (C=O) groups excluding carboxylic acids is 1. The van der Waals surface area contributed by atoms with E-state index in [9.17, 15) is 9.59 Å². The number of carbonyl (C=O) groups is 2. The fourth-order valence-electron chi connectivity index (χ4n) is 1.31. The number of carboxylic acids is 1. The molecule has 2 amide bonds. The van der Waals surface area contributed by atoms with Gasteiger partial charge in [-0.05, 0) is 27.9 Å². The highest BCUT2D eigenvalue weighted by atomic mass is 79.9. The molecule has 1 atom stereocenters. The van der Waals surface area contributed by atoms with Gasteiger partial charge in [-0.2, -0.15) is 0 Å². The molecule has 0 aliphatic rings. The molecule has 1 heterocycles. The van der Waals surface area contributed by atoms with Gasteiger partial charge in [0.25, 0.3) is 0 Å². The molecule has 0 bridgehead atoms. The number of hydrogen-bond acceptors (Lipinski definition) is 3. The topological polar surface area (TPSA) is 78.4 Å². The van der Waals surface area contributed by atoms with Crippen LogP contribution in [0.2, 0.25) is 0 Å². The van der Waals surface area contributed by atoms with Crippen LogP contribution >= 0.6 is 27.3 Å². The van der Waals surface area contributed by atoms with E-state index in [1.807, 2.05) is 11.4 Å². The summed E-state index contributed by atoms with van der Waals surface area (Å²) < 4.78 is 1.000. The Hall–Kier alpha value is -1.08. The molecule has 0 saturated carbocycles. The number of thiophene rings is 1. The first-order valence-corrected chi connectivity index (χ1v) is 7.11. The summed E-state index contributed by atoms with van der Waals surface area (Å²) >= 11 is 4.90. The molecule has 1 unspecified atom stereocenters. The number of hydrogen-bond donors (Lipinski definition) is 3. The predicted octanol–water partition coefficient (Wildman–Crippen LogP) is 2.42. The van der Waals surface area contributed by atoms with Crippen molar-refractivity contribution in [3.8, 4) is 0 Å². The normalized spacial score (nSPS) is 11.9. The molecular weight excluding hydrogens is 320 g/mol. The van der Waals surface area contributed by atoms with Gasteiger partial charge in [0.1, 0.15) is 0 Å². The van der Waals surface area contributed by atoms with Gasteiger partial charge in [-0.1, -0.05) is 6.92 Å². The van der Waals surface area contributed by atoms with Crippen molar-refractivity contribution in [1.82, 2.24) is 10.6 Å². The number of nitrogens with one attached hydrogen (secondary N) is 2. The van der Waals surface area contributed by atoms with E-state index in [1.54, 1.807) is 18.3 Å². The largest absolute Gasteiger partial charge is 0.481 e. The first kappa shape index (κ1) is 15.0. The van der Waals surface area contributed by atoms with Crippen molar-refractivity contribution in [2.45, 2.75) is 19.9 Å². The van der Waals surface area contributed by atoms with Crippen LogP contribution in [0, 0.1) is 5.92 Å². The van der Waals surface area contributed by atoms with Crippen LogP contribution in [0.15, 0.2) is 15.9 Å². The van der Waals surface area contributed by atoms with Gasteiger partial charge in [-0.15, -0.1) is 11.3 Å². The molecule has 0 fully saturated rings. The molecule has 0 spiro atoms. The number of aliphatic carboxylic acids is 1. The first-order valence-electron chi connectivity index (χ1n) is 5.43. The SMILES string of the molecule is CC(CNC(=O)NCc1cc(Br)cs1)CC(=O)O. The summed E-state index contributed by atoms with van der Waals surface area (Å²) in [6.45, 7) is 2.60. The van der Waals surface area contributed by atoms with Gasteiger partial charge < -0.3 is 15.7 Å². The lowest BCUT2D eigenvalue weighted by atomic mass is 10.1. The van der Waals surface area contributed by atoms with Crippen molar-refractivity contribution in [3.05, 3.63) is 20.8 Å². The predicted molar refractivity (Wildman–Crippen MR) is 73.7 cm³/mol. The van der Waals surface area contributed by atoms with E-state index in [4.69, 9.17) is 5.11 Å². The average Bonchev–Trinajstić information content (AvgIpc) is 2.69. The Morgan fingerprint density at radius 1 is 1.50 bits per heavy atom. The molecule has 3 N–H and O–H groups in total. The third-order valence-corrected chi connectivity index (χ3v) is 3.88. The summed E-state index contributed by atoms with van der Waals surface area (Å²) in [6, 6.07) is 1.66. The number of carboxylic acid groups (broad SMARTS) is 1. The van der Waals surface area contributed by atoms with Crippen LogP contribution in [0.1, 0.15) is 18.2 Å². The minimum atomic E-state index is -0.854. The molecule has 0 radical (unpaired) electrons. The van der Waals surface area contributed by atoms with Crippen LogP contribution < -0.4 is 10.6 Å². The number of amides is 2.